The summed E-state index contributed by atoms with van der Waals surface area (Å²) in [5, 5.41) is 22.4. The predicted octanol–water partition coefficient (Wildman–Crippen LogP) is 2.35. The van der Waals surface area contributed by atoms with Gasteiger partial charge < -0.3 is 19.9 Å². The van der Waals surface area contributed by atoms with Crippen LogP contribution in [0.4, 0.5) is 10.2 Å². The van der Waals surface area contributed by atoms with Crippen LogP contribution >= 0.6 is 0 Å². The number of pyridine rings is 1. The van der Waals surface area contributed by atoms with Crippen LogP contribution in [0.25, 0.3) is 22.4 Å². The summed E-state index contributed by atoms with van der Waals surface area (Å²) in [6.07, 6.45) is 1.63. The smallest absolute Gasteiger partial charge is 0.250 e. The fraction of sp³-hybridized carbons (Fsp3) is 0.348. The van der Waals surface area contributed by atoms with Crippen LogP contribution in [0.2, 0.25) is 0 Å². The maximum atomic E-state index is 14.6. The number of nitrogens with one attached hydrogen (secondary N) is 1. The number of aromatic hydroxyl groups is 1. The summed E-state index contributed by atoms with van der Waals surface area (Å²) in [5.74, 6) is 0.939. The molecule has 1 aliphatic heterocycles. The number of piperidine rings is 1. The highest BCUT2D eigenvalue weighted by atomic mass is 19.1. The van der Waals surface area contributed by atoms with Crippen molar-refractivity contribution in [3.8, 4) is 28.1 Å². The molecule has 2 aliphatic rings. The summed E-state index contributed by atoms with van der Waals surface area (Å²) in [5.41, 5.74) is 2.42. The molecule has 0 amide bonds. The molecule has 4 atom stereocenters. The molecule has 2 bridgehead atoms. The minimum Gasteiger partial charge on any atom is -0.507 e. The van der Waals surface area contributed by atoms with Crippen LogP contribution in [0.3, 0.4) is 0 Å². The van der Waals surface area contributed by atoms with Crippen molar-refractivity contribution in [1.29, 1.82) is 0 Å². The van der Waals surface area contributed by atoms with E-state index in [0.29, 0.717) is 17.1 Å². The zero-order chi connectivity index (χ0) is 21.7. The first-order valence-electron chi connectivity index (χ1n) is 10.4. The molecule has 8 heteroatoms. The zero-order valence-corrected chi connectivity index (χ0v) is 17.4. The summed E-state index contributed by atoms with van der Waals surface area (Å²) in [4.78, 5) is 13.8. The molecular weight excluding hydrogens is 397 g/mol. The maximum absolute atomic E-state index is 14.6. The first kappa shape index (κ1) is 19.7. The minimum absolute atomic E-state index is 0.0524. The number of phenolic OH excluding ortho intramolecular Hbond substituents is 1. The fourth-order valence-electron chi connectivity index (χ4n) is 4.79. The van der Waals surface area contributed by atoms with Crippen LogP contribution in [-0.4, -0.2) is 51.7 Å². The number of aryl methyl sites for hydroxylation is 1. The second-order valence-corrected chi connectivity index (χ2v) is 8.43. The number of phenols is 1. The molecule has 5 rings (SSSR count). The molecule has 1 saturated carbocycles. The van der Waals surface area contributed by atoms with Gasteiger partial charge in [0.05, 0.1) is 11.7 Å². The molecule has 31 heavy (non-hydrogen) atoms. The van der Waals surface area contributed by atoms with E-state index in [9.17, 15) is 14.3 Å². The number of anilines is 1. The van der Waals surface area contributed by atoms with Crippen LogP contribution in [0.1, 0.15) is 6.42 Å². The Morgan fingerprint density at radius 2 is 1.97 bits per heavy atom. The molecule has 0 spiro atoms. The third-order valence-electron chi connectivity index (χ3n) is 6.56. The van der Waals surface area contributed by atoms with Gasteiger partial charge in [-0.3, -0.25) is 4.79 Å². The third-order valence-corrected chi connectivity index (χ3v) is 6.56. The SMILES string of the molecule is CN(c1ccc(-c2ccc(-c3ccn(C)c(=O)c3)cc2O)nn1)[C@@H]1[C@H]2CN[C@H](C2)[C@H]1F. The average molecular weight is 421 g/mol. The number of benzene rings is 1. The number of halogens is 1. The Hall–Kier alpha value is -3.26. The van der Waals surface area contributed by atoms with E-state index < -0.39 is 6.17 Å². The molecule has 1 aromatic carbocycles. The number of fused-ring (bicyclic) bond motifs is 2. The molecule has 160 valence electrons. The molecule has 0 unspecified atom stereocenters. The van der Waals surface area contributed by atoms with Crippen molar-refractivity contribution in [3.05, 3.63) is 59.0 Å². The lowest BCUT2D eigenvalue weighted by Gasteiger charge is -2.34. The number of hydrogen-bond donors (Lipinski definition) is 2. The Labute approximate surface area is 179 Å². The quantitative estimate of drug-likeness (QED) is 0.673. The number of hydrogen-bond acceptors (Lipinski definition) is 6. The maximum Gasteiger partial charge on any atom is 0.250 e. The van der Waals surface area contributed by atoms with Gasteiger partial charge in [0.25, 0.3) is 5.56 Å². The molecule has 1 aliphatic carbocycles. The van der Waals surface area contributed by atoms with Crippen molar-refractivity contribution in [2.45, 2.75) is 24.7 Å². The molecule has 1 saturated heterocycles. The fourth-order valence-corrected chi connectivity index (χ4v) is 4.79. The largest absolute Gasteiger partial charge is 0.507 e. The topological polar surface area (TPSA) is 83.3 Å². The van der Waals surface area contributed by atoms with E-state index in [0.717, 1.165) is 24.1 Å². The van der Waals surface area contributed by atoms with Gasteiger partial charge in [-0.15, -0.1) is 10.2 Å². The van der Waals surface area contributed by atoms with E-state index >= 15 is 0 Å². The number of aromatic nitrogens is 3. The average Bonchev–Trinajstić information content (AvgIpc) is 3.37. The van der Waals surface area contributed by atoms with Gasteiger partial charge in [-0.05, 0) is 53.8 Å². The van der Waals surface area contributed by atoms with Gasteiger partial charge in [0.2, 0.25) is 0 Å². The molecule has 7 nitrogen and oxygen atoms in total. The first-order valence-corrected chi connectivity index (χ1v) is 10.4. The lowest BCUT2D eigenvalue weighted by atomic mass is 10.0. The highest BCUT2D eigenvalue weighted by Crippen LogP contribution is 2.38. The molecule has 3 aromatic rings. The van der Waals surface area contributed by atoms with Crippen LogP contribution in [0.15, 0.2) is 53.5 Å². The van der Waals surface area contributed by atoms with E-state index in [1.807, 2.05) is 30.1 Å². The molecular formula is C23H24FN5O2. The van der Waals surface area contributed by atoms with Crippen LogP contribution in [0.5, 0.6) is 5.75 Å². The normalized spacial score (nSPS) is 24.5. The number of rotatable bonds is 4. The van der Waals surface area contributed by atoms with E-state index in [1.54, 1.807) is 31.4 Å². The second-order valence-electron chi connectivity index (χ2n) is 8.43. The van der Waals surface area contributed by atoms with Crippen molar-refractivity contribution >= 4 is 5.82 Å². The van der Waals surface area contributed by atoms with Crippen LogP contribution in [-0.2, 0) is 7.05 Å². The summed E-state index contributed by atoms with van der Waals surface area (Å²) < 4.78 is 16.1. The lowest BCUT2D eigenvalue weighted by molar-refractivity contribution is 0.220. The molecule has 3 heterocycles. The van der Waals surface area contributed by atoms with Crippen LogP contribution < -0.4 is 15.8 Å². The third kappa shape index (κ3) is 3.37. The summed E-state index contributed by atoms with van der Waals surface area (Å²) in [6.45, 7) is 0.833. The highest BCUT2D eigenvalue weighted by molar-refractivity contribution is 5.74. The number of alkyl halides is 1. The standard InChI is InChI=1S/C23H24FN5O2/c1-28-8-7-14(11-21(28)31)13-3-4-16(19(30)10-13)17-5-6-20(27-26-17)29(2)23-15-9-18(22(23)24)25-12-15/h3-8,10-11,15,18,22-23,25,30H,9,12H2,1-2H3/t15-,18-,22-,23-/m1/s1. The summed E-state index contributed by atoms with van der Waals surface area (Å²) in [7, 11) is 3.55. The van der Waals surface area contributed by atoms with Crippen molar-refractivity contribution < 1.29 is 9.50 Å². The van der Waals surface area contributed by atoms with E-state index in [2.05, 4.69) is 15.5 Å². The summed E-state index contributed by atoms with van der Waals surface area (Å²) in [6, 6.07) is 11.9. The second kappa shape index (κ2) is 7.46. The molecule has 0 radical (unpaired) electrons. The van der Waals surface area contributed by atoms with Crippen molar-refractivity contribution in [2.75, 3.05) is 18.5 Å². The van der Waals surface area contributed by atoms with Gasteiger partial charge in [-0.25, -0.2) is 4.39 Å². The molecule has 2 fully saturated rings. The zero-order valence-electron chi connectivity index (χ0n) is 17.4. The Kier molecular flexibility index (Phi) is 4.74. The molecule has 2 N–H and O–H groups in total. The van der Waals surface area contributed by atoms with Crippen molar-refractivity contribution in [3.63, 3.8) is 0 Å². The number of nitrogens with zero attached hydrogens (tertiary/aromatic N) is 4. The lowest BCUT2D eigenvalue weighted by Crippen LogP contribution is -2.51. The van der Waals surface area contributed by atoms with Crippen LogP contribution in [0, 0.1) is 5.92 Å². The highest BCUT2D eigenvalue weighted by Gasteiger charge is 2.50. The van der Waals surface area contributed by atoms with Crippen molar-refractivity contribution in [2.24, 2.45) is 13.0 Å². The monoisotopic (exact) mass is 421 g/mol. The Balaban J connectivity index is 1.38. The molecule has 2 aromatic heterocycles. The Morgan fingerprint density at radius 1 is 1.16 bits per heavy atom. The minimum atomic E-state index is -0.920. The van der Waals surface area contributed by atoms with E-state index in [-0.39, 0.29) is 29.3 Å². The Bertz CT molecular complexity index is 1180. The van der Waals surface area contributed by atoms with Gasteiger partial charge in [-0.2, -0.15) is 0 Å². The van der Waals surface area contributed by atoms with E-state index in [1.165, 1.54) is 10.6 Å². The summed E-state index contributed by atoms with van der Waals surface area (Å²) >= 11 is 0. The van der Waals surface area contributed by atoms with Gasteiger partial charge in [0.15, 0.2) is 5.82 Å². The van der Waals surface area contributed by atoms with Gasteiger partial charge in [0.1, 0.15) is 11.9 Å². The first-order chi connectivity index (χ1) is 14.9. The van der Waals surface area contributed by atoms with Gasteiger partial charge >= 0.3 is 0 Å². The van der Waals surface area contributed by atoms with Crippen molar-refractivity contribution in [1.82, 2.24) is 20.1 Å². The Morgan fingerprint density at radius 3 is 2.61 bits per heavy atom. The van der Waals surface area contributed by atoms with E-state index in [4.69, 9.17) is 0 Å². The van der Waals surface area contributed by atoms with Gasteiger partial charge in [-0.1, -0.05) is 6.07 Å². The van der Waals surface area contributed by atoms with Gasteiger partial charge in [0, 0.05) is 44.5 Å². The predicted molar refractivity (Wildman–Crippen MR) is 117 cm³/mol.